The van der Waals surface area contributed by atoms with Crippen LogP contribution in [0.4, 0.5) is 0 Å². The fourth-order valence-corrected chi connectivity index (χ4v) is 3.18. The molecule has 0 aromatic heterocycles. The smallest absolute Gasteiger partial charge is 0.155 e. The lowest BCUT2D eigenvalue weighted by Gasteiger charge is -2.12. The highest BCUT2D eigenvalue weighted by molar-refractivity contribution is 9.11. The Bertz CT molecular complexity index is 630. The van der Waals surface area contributed by atoms with Gasteiger partial charge in [-0.15, -0.1) is 0 Å². The summed E-state index contributed by atoms with van der Waals surface area (Å²) in [6.45, 7) is 0. The maximum Gasteiger partial charge on any atom is 0.155 e. The molecule has 110 valence electrons. The second-order valence-corrected chi connectivity index (χ2v) is 5.92. The van der Waals surface area contributed by atoms with E-state index in [2.05, 4.69) is 31.9 Å². The van der Waals surface area contributed by atoms with Crippen LogP contribution in [0.1, 0.15) is 5.56 Å². The van der Waals surface area contributed by atoms with Crippen LogP contribution in [0.15, 0.2) is 45.3 Å². The van der Waals surface area contributed by atoms with Gasteiger partial charge in [0.2, 0.25) is 0 Å². The molecule has 2 rings (SSSR count). The zero-order valence-electron chi connectivity index (χ0n) is 11.1. The van der Waals surface area contributed by atoms with E-state index in [4.69, 9.17) is 9.47 Å². The summed E-state index contributed by atoms with van der Waals surface area (Å²) < 4.78 is 12.2. The maximum atomic E-state index is 10.6. The van der Waals surface area contributed by atoms with Gasteiger partial charge in [-0.3, -0.25) is 0 Å². The molecule has 2 aromatic rings. The van der Waals surface area contributed by atoms with E-state index in [1.807, 2.05) is 0 Å². The third kappa shape index (κ3) is 4.22. The Morgan fingerprint density at radius 2 is 1.62 bits per heavy atom. The summed E-state index contributed by atoms with van der Waals surface area (Å²) in [6.07, 6.45) is -0.153. The van der Waals surface area contributed by atoms with Crippen molar-refractivity contribution in [3.8, 4) is 17.2 Å². The summed E-state index contributed by atoms with van der Waals surface area (Å²) in [5.41, 5.74) is 0.621. The van der Waals surface area contributed by atoms with E-state index in [1.165, 1.54) is 0 Å². The van der Waals surface area contributed by atoms with E-state index in [0.29, 0.717) is 26.0 Å². The van der Waals surface area contributed by atoms with Gasteiger partial charge in [-0.05, 0) is 73.8 Å². The standard InChI is InChI=1S/C15H12Br2O4/c1-20-10-2-4-11(5-3-10)21-15-12(16)6-9(7-13(15)17)8-14(18)19/h2-7H,8H2,1H3,(H,18,19)/p-1. The lowest BCUT2D eigenvalue weighted by Crippen LogP contribution is -2.24. The van der Waals surface area contributed by atoms with Crippen LogP contribution in [-0.4, -0.2) is 13.1 Å². The SMILES string of the molecule is COc1ccc(Oc2c(Br)cc(CC(=O)[O-])cc2Br)cc1. The van der Waals surface area contributed by atoms with Crippen LogP contribution < -0.4 is 14.6 Å². The number of halogens is 2. The summed E-state index contributed by atoms with van der Waals surface area (Å²) in [4.78, 5) is 10.6. The summed E-state index contributed by atoms with van der Waals surface area (Å²) in [6, 6.07) is 10.5. The number of carboxylic acid groups (broad SMARTS) is 1. The van der Waals surface area contributed by atoms with Gasteiger partial charge in [0.1, 0.15) is 11.5 Å². The molecule has 0 fully saturated rings. The Balaban J connectivity index is 2.24. The first-order chi connectivity index (χ1) is 9.99. The van der Waals surface area contributed by atoms with Crippen LogP contribution >= 0.6 is 31.9 Å². The highest BCUT2D eigenvalue weighted by Gasteiger charge is 2.10. The monoisotopic (exact) mass is 413 g/mol. The molecule has 21 heavy (non-hydrogen) atoms. The molecule has 0 spiro atoms. The molecule has 0 aliphatic carbocycles. The van der Waals surface area contributed by atoms with Crippen molar-refractivity contribution in [3.05, 3.63) is 50.9 Å². The molecule has 0 atom stereocenters. The Kier molecular flexibility index (Phi) is 5.25. The molecule has 0 radical (unpaired) electrons. The van der Waals surface area contributed by atoms with E-state index >= 15 is 0 Å². The third-order valence-corrected chi connectivity index (χ3v) is 3.86. The molecular weight excluding hydrogens is 404 g/mol. The number of carbonyl (C=O) groups excluding carboxylic acids is 1. The minimum atomic E-state index is -1.13. The normalized spacial score (nSPS) is 10.2. The fraction of sp³-hybridized carbons (Fsp3) is 0.133. The number of aliphatic carboxylic acids is 1. The van der Waals surface area contributed by atoms with Gasteiger partial charge >= 0.3 is 0 Å². The Morgan fingerprint density at radius 1 is 1.10 bits per heavy atom. The van der Waals surface area contributed by atoms with Crippen molar-refractivity contribution < 1.29 is 19.4 Å². The number of ether oxygens (including phenoxy) is 2. The van der Waals surface area contributed by atoms with Crippen molar-refractivity contribution in [2.45, 2.75) is 6.42 Å². The van der Waals surface area contributed by atoms with Gasteiger partial charge in [-0.1, -0.05) is 0 Å². The predicted octanol–water partition coefficient (Wildman–Crippen LogP) is 3.30. The van der Waals surface area contributed by atoms with E-state index in [9.17, 15) is 9.90 Å². The zero-order valence-corrected chi connectivity index (χ0v) is 14.2. The average Bonchev–Trinajstić information content (AvgIpc) is 2.43. The summed E-state index contributed by atoms with van der Waals surface area (Å²) in [5.74, 6) is 0.828. The van der Waals surface area contributed by atoms with Gasteiger partial charge < -0.3 is 19.4 Å². The van der Waals surface area contributed by atoms with Gasteiger partial charge in [0.05, 0.1) is 16.1 Å². The Labute approximate surface area is 139 Å². The molecule has 0 aliphatic heterocycles. The highest BCUT2D eigenvalue weighted by atomic mass is 79.9. The van der Waals surface area contributed by atoms with Gasteiger partial charge in [0.25, 0.3) is 0 Å². The Hall–Kier alpha value is -1.53. The molecule has 0 heterocycles. The molecule has 0 amide bonds. The van der Waals surface area contributed by atoms with Gasteiger partial charge in [-0.25, -0.2) is 0 Å². The number of methoxy groups -OCH3 is 1. The molecule has 6 heteroatoms. The fourth-order valence-electron chi connectivity index (χ4n) is 1.74. The number of hydrogen-bond donors (Lipinski definition) is 0. The molecule has 0 saturated carbocycles. The van der Waals surface area contributed by atoms with Crippen LogP contribution in [0.25, 0.3) is 0 Å². The van der Waals surface area contributed by atoms with Crippen LogP contribution in [0, 0.1) is 0 Å². The zero-order chi connectivity index (χ0) is 15.4. The largest absolute Gasteiger partial charge is 0.550 e. The quantitative estimate of drug-likeness (QED) is 0.753. The molecule has 0 N–H and O–H groups in total. The second kappa shape index (κ2) is 6.95. The van der Waals surface area contributed by atoms with Gasteiger partial charge in [0, 0.05) is 12.4 Å². The van der Waals surface area contributed by atoms with Crippen LogP contribution in [0.5, 0.6) is 17.2 Å². The van der Waals surface area contributed by atoms with E-state index in [0.717, 1.165) is 5.75 Å². The van der Waals surface area contributed by atoms with Gasteiger partial charge in [-0.2, -0.15) is 0 Å². The summed E-state index contributed by atoms with van der Waals surface area (Å²) in [7, 11) is 1.60. The van der Waals surface area contributed by atoms with Crippen LogP contribution in [0.2, 0.25) is 0 Å². The van der Waals surface area contributed by atoms with E-state index < -0.39 is 5.97 Å². The molecule has 4 nitrogen and oxygen atoms in total. The predicted molar refractivity (Wildman–Crippen MR) is 83.6 cm³/mol. The number of benzene rings is 2. The van der Waals surface area contributed by atoms with Crippen molar-refractivity contribution in [2.24, 2.45) is 0 Å². The van der Waals surface area contributed by atoms with Crippen molar-refractivity contribution in [3.63, 3.8) is 0 Å². The summed E-state index contributed by atoms with van der Waals surface area (Å²) in [5, 5.41) is 10.6. The molecule has 0 unspecified atom stereocenters. The van der Waals surface area contributed by atoms with Gasteiger partial charge in [0.15, 0.2) is 5.75 Å². The molecule has 0 aliphatic rings. The van der Waals surface area contributed by atoms with E-state index in [-0.39, 0.29) is 6.42 Å². The van der Waals surface area contributed by atoms with Crippen molar-refractivity contribution >= 4 is 37.8 Å². The first kappa shape index (κ1) is 15.9. The molecular formula is C15H11Br2O4-. The first-order valence-electron chi connectivity index (χ1n) is 5.99. The molecule has 0 saturated heterocycles. The van der Waals surface area contributed by atoms with Crippen LogP contribution in [-0.2, 0) is 11.2 Å². The van der Waals surface area contributed by atoms with Crippen molar-refractivity contribution in [1.82, 2.24) is 0 Å². The highest BCUT2D eigenvalue weighted by Crippen LogP contribution is 2.38. The topological polar surface area (TPSA) is 58.6 Å². The summed E-state index contributed by atoms with van der Waals surface area (Å²) >= 11 is 6.76. The lowest BCUT2D eigenvalue weighted by molar-refractivity contribution is -0.304. The minimum Gasteiger partial charge on any atom is -0.550 e. The number of carboxylic acids is 1. The third-order valence-electron chi connectivity index (χ3n) is 2.69. The van der Waals surface area contributed by atoms with Crippen molar-refractivity contribution in [2.75, 3.05) is 7.11 Å². The Morgan fingerprint density at radius 3 is 2.10 bits per heavy atom. The second-order valence-electron chi connectivity index (χ2n) is 4.21. The van der Waals surface area contributed by atoms with Crippen molar-refractivity contribution in [1.29, 1.82) is 0 Å². The average molecular weight is 415 g/mol. The number of hydrogen-bond acceptors (Lipinski definition) is 4. The number of carbonyl (C=O) groups is 1. The molecule has 0 bridgehead atoms. The first-order valence-corrected chi connectivity index (χ1v) is 7.58. The minimum absolute atomic E-state index is 0.153. The van der Waals surface area contributed by atoms with E-state index in [1.54, 1.807) is 43.5 Å². The lowest BCUT2D eigenvalue weighted by atomic mass is 10.1. The maximum absolute atomic E-state index is 10.6. The van der Waals surface area contributed by atoms with Crippen LogP contribution in [0.3, 0.4) is 0 Å². The number of rotatable bonds is 5. The molecule has 2 aromatic carbocycles.